The summed E-state index contributed by atoms with van der Waals surface area (Å²) in [5.74, 6) is 0. The number of hydrogen-bond donors (Lipinski definition) is 2. The van der Waals surface area contributed by atoms with Crippen LogP contribution in [0.5, 0.6) is 0 Å². The van der Waals surface area contributed by atoms with Crippen LogP contribution in [0.3, 0.4) is 0 Å². The predicted molar refractivity (Wildman–Crippen MR) is 52.8 cm³/mol. The molecule has 3 nitrogen and oxygen atoms in total. The van der Waals surface area contributed by atoms with Gasteiger partial charge in [0.2, 0.25) is 0 Å². The average Bonchev–Trinajstić information content (AvgIpc) is 2.62. The quantitative estimate of drug-likeness (QED) is 0.592. The standard InChI is InChI=1S/C6H13NO.C4H8O/c8-6-2-1-4-7-5-3-6;1-2-4-5-3-1/h6-8H,1-5H2;1-4H2. The molecule has 0 aliphatic carbocycles. The number of aliphatic hydroxyl groups is 1. The fourth-order valence-electron chi connectivity index (χ4n) is 1.51. The van der Waals surface area contributed by atoms with Crippen molar-refractivity contribution >= 4 is 0 Å². The molecule has 1 unspecified atom stereocenters. The average molecular weight is 187 g/mol. The van der Waals surface area contributed by atoms with Gasteiger partial charge in [-0.25, -0.2) is 0 Å². The summed E-state index contributed by atoms with van der Waals surface area (Å²) in [6.45, 7) is 4.07. The summed E-state index contributed by atoms with van der Waals surface area (Å²) in [4.78, 5) is 0. The summed E-state index contributed by atoms with van der Waals surface area (Å²) < 4.78 is 4.94. The molecule has 0 radical (unpaired) electrons. The normalized spacial score (nSPS) is 28.8. The molecular weight excluding hydrogens is 166 g/mol. The number of ether oxygens (including phenoxy) is 1. The van der Waals surface area contributed by atoms with Crippen LogP contribution < -0.4 is 5.32 Å². The second kappa shape index (κ2) is 7.30. The summed E-state index contributed by atoms with van der Waals surface area (Å²) >= 11 is 0. The molecule has 0 bridgehead atoms. The van der Waals surface area contributed by atoms with E-state index in [9.17, 15) is 0 Å². The lowest BCUT2D eigenvalue weighted by atomic mass is 10.2. The molecule has 0 aromatic rings. The van der Waals surface area contributed by atoms with E-state index in [1.807, 2.05) is 0 Å². The Morgan fingerprint density at radius 2 is 1.77 bits per heavy atom. The van der Waals surface area contributed by atoms with Crippen LogP contribution in [0, 0.1) is 0 Å². The lowest BCUT2D eigenvalue weighted by Crippen LogP contribution is -2.14. The van der Waals surface area contributed by atoms with Crippen LogP contribution in [0.15, 0.2) is 0 Å². The Hall–Kier alpha value is -0.120. The Bertz CT molecular complexity index is 99.9. The van der Waals surface area contributed by atoms with E-state index >= 15 is 0 Å². The van der Waals surface area contributed by atoms with Gasteiger partial charge in [0.1, 0.15) is 0 Å². The van der Waals surface area contributed by atoms with Crippen molar-refractivity contribution in [3.63, 3.8) is 0 Å². The van der Waals surface area contributed by atoms with Gasteiger partial charge in [0.25, 0.3) is 0 Å². The predicted octanol–water partition coefficient (Wildman–Crippen LogP) is 0.918. The van der Waals surface area contributed by atoms with Crippen LogP contribution >= 0.6 is 0 Å². The van der Waals surface area contributed by atoms with Gasteiger partial charge in [-0.1, -0.05) is 0 Å². The van der Waals surface area contributed by atoms with Crippen LogP contribution in [-0.2, 0) is 4.74 Å². The number of hydrogen-bond acceptors (Lipinski definition) is 3. The third kappa shape index (κ3) is 6.02. The second-order valence-electron chi connectivity index (χ2n) is 3.65. The van der Waals surface area contributed by atoms with Gasteiger partial charge in [-0.05, 0) is 45.2 Å². The van der Waals surface area contributed by atoms with E-state index in [4.69, 9.17) is 9.84 Å². The van der Waals surface area contributed by atoms with E-state index in [1.165, 1.54) is 12.8 Å². The molecule has 0 amide bonds. The van der Waals surface area contributed by atoms with Gasteiger partial charge >= 0.3 is 0 Å². The molecule has 2 aliphatic heterocycles. The third-order valence-electron chi connectivity index (χ3n) is 2.37. The number of rotatable bonds is 0. The van der Waals surface area contributed by atoms with Gasteiger partial charge in [0.15, 0.2) is 0 Å². The maximum atomic E-state index is 9.05. The highest BCUT2D eigenvalue weighted by atomic mass is 16.5. The van der Waals surface area contributed by atoms with Crippen molar-refractivity contribution in [2.75, 3.05) is 26.3 Å². The molecule has 0 saturated carbocycles. The minimum Gasteiger partial charge on any atom is -0.393 e. The van der Waals surface area contributed by atoms with Crippen LogP contribution in [0.4, 0.5) is 0 Å². The van der Waals surface area contributed by atoms with Gasteiger partial charge < -0.3 is 15.2 Å². The first-order chi connectivity index (χ1) is 6.39. The molecule has 2 rings (SSSR count). The lowest BCUT2D eigenvalue weighted by Gasteiger charge is -2.01. The van der Waals surface area contributed by atoms with Crippen molar-refractivity contribution in [2.24, 2.45) is 0 Å². The zero-order chi connectivity index (χ0) is 9.36. The van der Waals surface area contributed by atoms with Gasteiger partial charge in [0, 0.05) is 13.2 Å². The van der Waals surface area contributed by atoms with Crippen molar-refractivity contribution in [2.45, 2.75) is 38.2 Å². The van der Waals surface area contributed by atoms with E-state index in [0.29, 0.717) is 0 Å². The van der Waals surface area contributed by atoms with Crippen molar-refractivity contribution in [3.05, 3.63) is 0 Å². The Balaban J connectivity index is 0.000000145. The SMILES string of the molecule is C1CCOC1.OC1CCCNCC1. The van der Waals surface area contributed by atoms with Crippen LogP contribution in [-0.4, -0.2) is 37.5 Å². The third-order valence-corrected chi connectivity index (χ3v) is 2.37. The molecule has 0 aromatic heterocycles. The van der Waals surface area contributed by atoms with Crippen LogP contribution in [0.1, 0.15) is 32.1 Å². The molecular formula is C10H21NO2. The molecule has 2 aliphatic rings. The highest BCUT2D eigenvalue weighted by Crippen LogP contribution is 2.02. The summed E-state index contributed by atoms with van der Waals surface area (Å²) in [5, 5.41) is 12.3. The molecule has 0 spiro atoms. The fourth-order valence-corrected chi connectivity index (χ4v) is 1.51. The van der Waals surface area contributed by atoms with Crippen molar-refractivity contribution in [1.29, 1.82) is 0 Å². The van der Waals surface area contributed by atoms with Gasteiger partial charge in [-0.3, -0.25) is 0 Å². The van der Waals surface area contributed by atoms with Crippen molar-refractivity contribution < 1.29 is 9.84 Å². The molecule has 1 atom stereocenters. The fraction of sp³-hybridized carbons (Fsp3) is 1.00. The Morgan fingerprint density at radius 3 is 2.38 bits per heavy atom. The monoisotopic (exact) mass is 187 g/mol. The minimum absolute atomic E-state index is 0.0370. The first-order valence-corrected chi connectivity index (χ1v) is 5.36. The molecule has 2 heterocycles. The summed E-state index contributed by atoms with van der Waals surface area (Å²) in [6, 6.07) is 0. The van der Waals surface area contributed by atoms with Crippen LogP contribution in [0.2, 0.25) is 0 Å². The largest absolute Gasteiger partial charge is 0.393 e. The Kier molecular flexibility index (Phi) is 6.15. The molecule has 2 fully saturated rings. The van der Waals surface area contributed by atoms with Crippen LogP contribution in [0.25, 0.3) is 0 Å². The molecule has 2 saturated heterocycles. The highest BCUT2D eigenvalue weighted by Gasteiger charge is 2.05. The Morgan fingerprint density at radius 1 is 1.00 bits per heavy atom. The number of nitrogens with one attached hydrogen (secondary N) is 1. The summed E-state index contributed by atoms with van der Waals surface area (Å²) in [6.07, 6.45) is 5.55. The first kappa shape index (κ1) is 11.0. The van der Waals surface area contributed by atoms with E-state index in [1.54, 1.807) is 0 Å². The zero-order valence-corrected chi connectivity index (χ0v) is 8.30. The zero-order valence-electron chi connectivity index (χ0n) is 8.30. The van der Waals surface area contributed by atoms with Gasteiger partial charge in [-0.15, -0.1) is 0 Å². The smallest absolute Gasteiger partial charge is 0.0552 e. The van der Waals surface area contributed by atoms with E-state index < -0.39 is 0 Å². The second-order valence-corrected chi connectivity index (χ2v) is 3.65. The molecule has 3 heteroatoms. The summed E-state index contributed by atoms with van der Waals surface area (Å²) in [5.41, 5.74) is 0. The molecule has 78 valence electrons. The highest BCUT2D eigenvalue weighted by molar-refractivity contribution is 4.63. The van der Waals surface area contributed by atoms with Crippen molar-refractivity contribution in [1.82, 2.24) is 5.32 Å². The minimum atomic E-state index is -0.0370. The van der Waals surface area contributed by atoms with Crippen molar-refractivity contribution in [3.8, 4) is 0 Å². The maximum absolute atomic E-state index is 9.05. The number of aliphatic hydroxyl groups excluding tert-OH is 1. The van der Waals surface area contributed by atoms with E-state index in [-0.39, 0.29) is 6.10 Å². The van der Waals surface area contributed by atoms with E-state index in [0.717, 1.165) is 45.6 Å². The molecule has 0 aromatic carbocycles. The van der Waals surface area contributed by atoms with E-state index in [2.05, 4.69) is 5.32 Å². The summed E-state index contributed by atoms with van der Waals surface area (Å²) in [7, 11) is 0. The van der Waals surface area contributed by atoms with Gasteiger partial charge in [0.05, 0.1) is 6.10 Å². The molecule has 2 N–H and O–H groups in total. The van der Waals surface area contributed by atoms with Gasteiger partial charge in [-0.2, -0.15) is 0 Å². The maximum Gasteiger partial charge on any atom is 0.0552 e. The lowest BCUT2D eigenvalue weighted by molar-refractivity contribution is 0.161. The topological polar surface area (TPSA) is 41.5 Å². The first-order valence-electron chi connectivity index (χ1n) is 5.36. The molecule has 13 heavy (non-hydrogen) atoms. The Labute approximate surface area is 80.5 Å².